The third-order valence-corrected chi connectivity index (χ3v) is 3.19. The highest BCUT2D eigenvalue weighted by Crippen LogP contribution is 2.18. The molecule has 2 N–H and O–H groups in total. The lowest BCUT2D eigenvalue weighted by atomic mass is 10.1. The van der Waals surface area contributed by atoms with Gasteiger partial charge in [0.15, 0.2) is 5.78 Å². The van der Waals surface area contributed by atoms with Crippen molar-refractivity contribution in [3.8, 4) is 0 Å². The van der Waals surface area contributed by atoms with Gasteiger partial charge < -0.3 is 10.5 Å². The van der Waals surface area contributed by atoms with Crippen LogP contribution >= 0.6 is 11.3 Å². The maximum atomic E-state index is 11.9. The molecule has 4 nitrogen and oxygen atoms in total. The van der Waals surface area contributed by atoms with E-state index in [0.717, 1.165) is 9.88 Å². The quantitative estimate of drug-likeness (QED) is 0.771. The summed E-state index contributed by atoms with van der Waals surface area (Å²) in [5.74, 6) is 0.0328. The average molecular weight is 242 g/mol. The smallest absolute Gasteiger partial charge is 0.183 e. The Hall–Kier alpha value is -0.780. The highest BCUT2D eigenvalue weighted by molar-refractivity contribution is 7.11. The lowest BCUT2D eigenvalue weighted by Crippen LogP contribution is -2.25. The molecule has 0 saturated carbocycles. The molecule has 0 aliphatic heterocycles. The van der Waals surface area contributed by atoms with Gasteiger partial charge in [-0.1, -0.05) is 0 Å². The van der Waals surface area contributed by atoms with Crippen LogP contribution in [0, 0.1) is 13.8 Å². The van der Waals surface area contributed by atoms with Gasteiger partial charge in [-0.2, -0.15) is 0 Å². The van der Waals surface area contributed by atoms with Crippen LogP contribution in [0.5, 0.6) is 0 Å². The van der Waals surface area contributed by atoms with Crippen LogP contribution in [-0.4, -0.2) is 30.5 Å². The van der Waals surface area contributed by atoms with E-state index >= 15 is 0 Å². The number of nitrogens with zero attached hydrogens (tertiary/aromatic N) is 1. The van der Waals surface area contributed by atoms with Gasteiger partial charge in [-0.15, -0.1) is 11.3 Å². The van der Waals surface area contributed by atoms with E-state index in [4.69, 9.17) is 10.5 Å². The van der Waals surface area contributed by atoms with E-state index in [1.807, 2.05) is 13.8 Å². The second-order valence-electron chi connectivity index (χ2n) is 3.81. The van der Waals surface area contributed by atoms with Gasteiger partial charge in [0.1, 0.15) is 5.69 Å². The van der Waals surface area contributed by atoms with Crippen molar-refractivity contribution in [1.29, 1.82) is 0 Å². The number of ether oxygens (including phenoxy) is 1. The molecule has 1 atom stereocenters. The van der Waals surface area contributed by atoms with Gasteiger partial charge in [0, 0.05) is 31.1 Å². The Kier molecular flexibility index (Phi) is 5.05. The Morgan fingerprint density at radius 1 is 1.56 bits per heavy atom. The summed E-state index contributed by atoms with van der Waals surface area (Å²) in [5.41, 5.74) is 6.41. The Balaban J connectivity index is 2.55. The molecule has 1 heterocycles. The number of Topliss-reactive ketones (excluding diaryl/α,β-unsaturated/α-hetero) is 1. The first-order valence-electron chi connectivity index (χ1n) is 5.26. The SMILES string of the molecule is COCCC(N)CC(=O)c1nc(C)sc1C. The van der Waals surface area contributed by atoms with Crippen LogP contribution in [0.3, 0.4) is 0 Å². The molecular weight excluding hydrogens is 224 g/mol. The molecular formula is C11H18N2O2S. The molecule has 0 amide bonds. The van der Waals surface area contributed by atoms with Crippen molar-refractivity contribution in [2.45, 2.75) is 32.7 Å². The normalized spacial score (nSPS) is 12.8. The first-order chi connectivity index (χ1) is 7.54. The number of carbonyl (C=O) groups excluding carboxylic acids is 1. The number of ketones is 1. The highest BCUT2D eigenvalue weighted by Gasteiger charge is 2.16. The summed E-state index contributed by atoms with van der Waals surface area (Å²) in [4.78, 5) is 17.1. The number of rotatable bonds is 6. The number of nitrogens with two attached hydrogens (primary N) is 1. The topological polar surface area (TPSA) is 65.2 Å². The molecule has 0 aliphatic rings. The number of aryl methyl sites for hydroxylation is 2. The van der Waals surface area contributed by atoms with E-state index in [-0.39, 0.29) is 11.8 Å². The lowest BCUT2D eigenvalue weighted by molar-refractivity contribution is 0.0962. The molecule has 1 rings (SSSR count). The lowest BCUT2D eigenvalue weighted by Gasteiger charge is -2.08. The van der Waals surface area contributed by atoms with Crippen molar-refractivity contribution in [1.82, 2.24) is 4.98 Å². The maximum Gasteiger partial charge on any atom is 0.183 e. The minimum atomic E-state index is -0.145. The summed E-state index contributed by atoms with van der Waals surface area (Å²) in [6.07, 6.45) is 1.04. The largest absolute Gasteiger partial charge is 0.385 e. The molecule has 5 heteroatoms. The second-order valence-corrected chi connectivity index (χ2v) is 5.21. The van der Waals surface area contributed by atoms with Crippen molar-refractivity contribution >= 4 is 17.1 Å². The summed E-state index contributed by atoms with van der Waals surface area (Å²) in [5, 5.41) is 0.923. The van der Waals surface area contributed by atoms with Crippen molar-refractivity contribution < 1.29 is 9.53 Å². The van der Waals surface area contributed by atoms with Crippen LogP contribution in [0.2, 0.25) is 0 Å². The summed E-state index contributed by atoms with van der Waals surface area (Å²) < 4.78 is 4.92. The fourth-order valence-corrected chi connectivity index (χ4v) is 2.33. The van der Waals surface area contributed by atoms with Crippen LogP contribution in [0.15, 0.2) is 0 Å². The molecule has 0 aliphatic carbocycles. The van der Waals surface area contributed by atoms with Gasteiger partial charge in [0.2, 0.25) is 0 Å². The van der Waals surface area contributed by atoms with Gasteiger partial charge in [-0.25, -0.2) is 4.98 Å². The van der Waals surface area contributed by atoms with E-state index in [9.17, 15) is 4.79 Å². The van der Waals surface area contributed by atoms with Gasteiger partial charge in [-0.3, -0.25) is 4.79 Å². The summed E-state index contributed by atoms with van der Waals surface area (Å²) >= 11 is 1.55. The Morgan fingerprint density at radius 3 is 2.75 bits per heavy atom. The zero-order valence-corrected chi connectivity index (χ0v) is 10.8. The minimum Gasteiger partial charge on any atom is -0.385 e. The van der Waals surface area contributed by atoms with Gasteiger partial charge in [0.25, 0.3) is 0 Å². The molecule has 0 spiro atoms. The molecule has 1 unspecified atom stereocenters. The third kappa shape index (κ3) is 3.66. The predicted molar refractivity (Wildman–Crippen MR) is 65.0 cm³/mol. The second kappa shape index (κ2) is 6.08. The van der Waals surface area contributed by atoms with Crippen LogP contribution in [0.25, 0.3) is 0 Å². The number of carbonyl (C=O) groups is 1. The Morgan fingerprint density at radius 2 is 2.25 bits per heavy atom. The molecule has 0 aromatic carbocycles. The minimum absolute atomic E-state index is 0.0328. The number of thiazole rings is 1. The first-order valence-corrected chi connectivity index (χ1v) is 6.08. The summed E-state index contributed by atoms with van der Waals surface area (Å²) in [6.45, 7) is 4.40. The number of hydrogen-bond acceptors (Lipinski definition) is 5. The van der Waals surface area contributed by atoms with E-state index in [1.54, 1.807) is 18.4 Å². The zero-order valence-electron chi connectivity index (χ0n) is 9.95. The maximum absolute atomic E-state index is 11.9. The van der Waals surface area contributed by atoms with Crippen molar-refractivity contribution in [3.05, 3.63) is 15.6 Å². The zero-order chi connectivity index (χ0) is 12.1. The molecule has 0 fully saturated rings. The molecule has 0 bridgehead atoms. The van der Waals surface area contributed by atoms with E-state index in [2.05, 4.69) is 4.98 Å². The van der Waals surface area contributed by atoms with E-state index < -0.39 is 0 Å². The van der Waals surface area contributed by atoms with Crippen LogP contribution in [0.1, 0.15) is 33.2 Å². The third-order valence-electron chi connectivity index (χ3n) is 2.31. The van der Waals surface area contributed by atoms with Crippen LogP contribution in [-0.2, 0) is 4.74 Å². The molecule has 1 aromatic rings. The Bertz CT molecular complexity index is 363. The van der Waals surface area contributed by atoms with Crippen LogP contribution < -0.4 is 5.73 Å². The Labute approximate surface area is 99.8 Å². The molecule has 16 heavy (non-hydrogen) atoms. The monoisotopic (exact) mass is 242 g/mol. The number of methoxy groups -OCH3 is 1. The fraction of sp³-hybridized carbons (Fsp3) is 0.636. The van der Waals surface area contributed by atoms with Crippen molar-refractivity contribution in [2.24, 2.45) is 5.73 Å². The standard InChI is InChI=1S/C11H18N2O2S/c1-7-11(13-8(2)16-7)10(14)6-9(12)4-5-15-3/h9H,4-6,12H2,1-3H3. The number of aromatic nitrogens is 1. The highest BCUT2D eigenvalue weighted by atomic mass is 32.1. The average Bonchev–Trinajstić information content (AvgIpc) is 2.54. The van der Waals surface area contributed by atoms with Crippen molar-refractivity contribution in [3.63, 3.8) is 0 Å². The molecule has 0 radical (unpaired) electrons. The van der Waals surface area contributed by atoms with Gasteiger partial charge in [-0.05, 0) is 20.3 Å². The van der Waals surface area contributed by atoms with Crippen LogP contribution in [0.4, 0.5) is 0 Å². The fourth-order valence-electron chi connectivity index (χ4n) is 1.49. The summed E-state index contributed by atoms with van der Waals surface area (Å²) in [6, 6.07) is -0.145. The molecule has 90 valence electrons. The first kappa shape index (κ1) is 13.3. The molecule has 1 aromatic heterocycles. The van der Waals surface area contributed by atoms with Gasteiger partial charge >= 0.3 is 0 Å². The van der Waals surface area contributed by atoms with Gasteiger partial charge in [0.05, 0.1) is 5.01 Å². The van der Waals surface area contributed by atoms with E-state index in [0.29, 0.717) is 25.1 Å². The number of hydrogen-bond donors (Lipinski definition) is 1. The van der Waals surface area contributed by atoms with E-state index in [1.165, 1.54) is 0 Å². The predicted octanol–water partition coefficient (Wildman–Crippen LogP) is 1.70. The summed E-state index contributed by atoms with van der Waals surface area (Å²) in [7, 11) is 1.63. The van der Waals surface area contributed by atoms with Crippen molar-refractivity contribution in [2.75, 3.05) is 13.7 Å². The molecule has 0 saturated heterocycles.